The third kappa shape index (κ3) is 16.7. The molecule has 0 radical (unpaired) electrons. The molecule has 0 saturated carbocycles. The van der Waals surface area contributed by atoms with Crippen LogP contribution in [0.5, 0.6) is 0 Å². The molecule has 1 heteroatoms. The summed E-state index contributed by atoms with van der Waals surface area (Å²) in [4.78, 5) is 0. The summed E-state index contributed by atoms with van der Waals surface area (Å²) in [5.74, 6) is 0. The summed E-state index contributed by atoms with van der Waals surface area (Å²) < 4.78 is 0. The summed E-state index contributed by atoms with van der Waals surface area (Å²) in [5.41, 5.74) is 0.826. The highest BCUT2D eigenvalue weighted by atomic mass is 32.2. The van der Waals surface area contributed by atoms with Gasteiger partial charge in [0.15, 0.2) is 0 Å². The van der Waals surface area contributed by atoms with Crippen LogP contribution in [-0.2, 0) is 0 Å². The third-order valence-corrected chi connectivity index (χ3v) is 8.94. The quantitative estimate of drug-likeness (QED) is 0.196. The van der Waals surface area contributed by atoms with Crippen LogP contribution in [0.1, 0.15) is 158 Å². The molecule has 0 saturated heterocycles. The molecule has 2 atom stereocenters. The van der Waals surface area contributed by atoms with Gasteiger partial charge in [-0.3, -0.25) is 0 Å². The minimum absolute atomic E-state index is 0.413. The molecule has 176 valence electrons. The van der Waals surface area contributed by atoms with Gasteiger partial charge in [-0.1, -0.05) is 145 Å². The van der Waals surface area contributed by atoms with E-state index in [0.717, 1.165) is 10.5 Å². The lowest BCUT2D eigenvalue weighted by atomic mass is 9.87. The van der Waals surface area contributed by atoms with E-state index in [1.165, 1.54) is 103 Å². The van der Waals surface area contributed by atoms with E-state index in [0.29, 0.717) is 10.8 Å². The smallest absolute Gasteiger partial charge is 0.00985 e. The van der Waals surface area contributed by atoms with Crippen molar-refractivity contribution < 1.29 is 0 Å². The Hall–Kier alpha value is 0.350. The lowest BCUT2D eigenvalue weighted by Gasteiger charge is -2.38. The van der Waals surface area contributed by atoms with Gasteiger partial charge in [0.05, 0.1) is 0 Å². The minimum Gasteiger partial charge on any atom is -0.154 e. The van der Waals surface area contributed by atoms with Crippen molar-refractivity contribution >= 4 is 11.8 Å². The van der Waals surface area contributed by atoms with Crippen molar-refractivity contribution in [3.05, 3.63) is 0 Å². The number of hydrogen-bond acceptors (Lipinski definition) is 1. The van der Waals surface area contributed by atoms with E-state index in [1.807, 2.05) is 0 Å². The lowest BCUT2D eigenvalue weighted by Crippen LogP contribution is -2.31. The molecule has 0 heterocycles. The van der Waals surface area contributed by atoms with E-state index >= 15 is 0 Å². The zero-order valence-corrected chi connectivity index (χ0v) is 22.7. The van der Waals surface area contributed by atoms with Crippen molar-refractivity contribution in [1.29, 1.82) is 0 Å². The summed E-state index contributed by atoms with van der Waals surface area (Å²) >= 11 is 2.35. The second-order valence-corrected chi connectivity index (χ2v) is 13.1. The molecular formula is C28H58S. The van der Waals surface area contributed by atoms with Crippen LogP contribution >= 0.6 is 11.8 Å². The Labute approximate surface area is 191 Å². The molecule has 0 rings (SSSR count). The van der Waals surface area contributed by atoms with Crippen molar-refractivity contribution in [1.82, 2.24) is 0 Å². The number of hydrogen-bond donors (Lipinski definition) is 0. The van der Waals surface area contributed by atoms with Crippen molar-refractivity contribution in [3.8, 4) is 0 Å². The van der Waals surface area contributed by atoms with Crippen LogP contribution in [0.25, 0.3) is 0 Å². The molecule has 0 aromatic heterocycles. The fraction of sp³-hybridized carbons (Fsp3) is 1.00. The monoisotopic (exact) mass is 426 g/mol. The zero-order valence-electron chi connectivity index (χ0n) is 21.9. The molecule has 0 aromatic carbocycles. The Morgan fingerprint density at radius 3 is 1.00 bits per heavy atom. The van der Waals surface area contributed by atoms with Crippen LogP contribution < -0.4 is 0 Å². The van der Waals surface area contributed by atoms with E-state index in [1.54, 1.807) is 0 Å². The Kier molecular flexibility index (Phi) is 17.2. The summed E-state index contributed by atoms with van der Waals surface area (Å²) in [5, 5.41) is 1.60. The predicted octanol–water partition coefficient (Wildman–Crippen LogP) is 10.8. The van der Waals surface area contributed by atoms with Gasteiger partial charge in [-0.05, 0) is 23.7 Å². The normalized spacial score (nSPS) is 14.9. The van der Waals surface area contributed by atoms with Crippen molar-refractivity contribution in [2.75, 3.05) is 0 Å². The molecule has 0 N–H and O–H groups in total. The van der Waals surface area contributed by atoms with E-state index in [9.17, 15) is 0 Å². The van der Waals surface area contributed by atoms with Gasteiger partial charge in [-0.2, -0.15) is 11.8 Å². The average Bonchev–Trinajstić information content (AvgIpc) is 2.62. The molecule has 0 aliphatic carbocycles. The largest absolute Gasteiger partial charge is 0.154 e. The van der Waals surface area contributed by atoms with Gasteiger partial charge < -0.3 is 0 Å². The standard InChI is InChI=1S/C28H58S/c1-9-11-13-15-17-19-21-23-25(27(3,4)5)29-26(28(6,7)8)24-22-20-18-16-14-12-10-2/h25-26H,9-24H2,1-8H3. The highest BCUT2D eigenvalue weighted by Crippen LogP contribution is 2.43. The van der Waals surface area contributed by atoms with Crippen molar-refractivity contribution in [2.45, 2.75) is 169 Å². The highest BCUT2D eigenvalue weighted by molar-refractivity contribution is 8.00. The maximum atomic E-state index is 2.47. The van der Waals surface area contributed by atoms with Crippen LogP contribution in [0.15, 0.2) is 0 Å². The van der Waals surface area contributed by atoms with E-state index in [2.05, 4.69) is 67.2 Å². The molecule has 0 bridgehead atoms. The highest BCUT2D eigenvalue weighted by Gasteiger charge is 2.32. The Morgan fingerprint density at radius 2 is 0.724 bits per heavy atom. The minimum atomic E-state index is 0.413. The molecule has 0 spiro atoms. The molecule has 0 amide bonds. The van der Waals surface area contributed by atoms with Gasteiger partial charge in [0, 0.05) is 10.5 Å². The second kappa shape index (κ2) is 17.0. The first-order chi connectivity index (χ1) is 13.6. The van der Waals surface area contributed by atoms with Crippen LogP contribution in [0.4, 0.5) is 0 Å². The van der Waals surface area contributed by atoms with Crippen LogP contribution in [0, 0.1) is 10.8 Å². The van der Waals surface area contributed by atoms with E-state index in [4.69, 9.17) is 0 Å². The van der Waals surface area contributed by atoms with Crippen molar-refractivity contribution in [3.63, 3.8) is 0 Å². The first-order valence-corrected chi connectivity index (χ1v) is 14.2. The van der Waals surface area contributed by atoms with Crippen LogP contribution in [0.2, 0.25) is 0 Å². The Morgan fingerprint density at radius 1 is 0.448 bits per heavy atom. The number of unbranched alkanes of at least 4 members (excludes halogenated alkanes) is 12. The number of rotatable bonds is 18. The SMILES string of the molecule is CCCCCCCCCC(SC(CCCCCCCCC)C(C)(C)C)C(C)(C)C. The van der Waals surface area contributed by atoms with Gasteiger partial charge in [-0.25, -0.2) is 0 Å². The van der Waals surface area contributed by atoms with Crippen LogP contribution in [0.3, 0.4) is 0 Å². The van der Waals surface area contributed by atoms with Gasteiger partial charge in [0.25, 0.3) is 0 Å². The molecule has 0 nitrogen and oxygen atoms in total. The topological polar surface area (TPSA) is 0 Å². The maximum absolute atomic E-state index is 2.47. The van der Waals surface area contributed by atoms with Crippen LogP contribution in [-0.4, -0.2) is 10.5 Å². The van der Waals surface area contributed by atoms with Gasteiger partial charge >= 0.3 is 0 Å². The molecule has 0 aliphatic rings. The predicted molar refractivity (Wildman–Crippen MR) is 139 cm³/mol. The fourth-order valence-corrected chi connectivity index (χ4v) is 6.00. The molecular weight excluding hydrogens is 368 g/mol. The summed E-state index contributed by atoms with van der Waals surface area (Å²) in [6.45, 7) is 19.4. The van der Waals surface area contributed by atoms with Gasteiger partial charge in [0.2, 0.25) is 0 Å². The van der Waals surface area contributed by atoms with E-state index < -0.39 is 0 Å². The lowest BCUT2D eigenvalue weighted by molar-refractivity contribution is 0.347. The van der Waals surface area contributed by atoms with Gasteiger partial charge in [-0.15, -0.1) is 0 Å². The molecule has 0 fully saturated rings. The summed E-state index contributed by atoms with van der Waals surface area (Å²) in [6, 6.07) is 0. The second-order valence-electron chi connectivity index (χ2n) is 11.7. The Bertz CT molecular complexity index is 312. The molecule has 0 aromatic rings. The van der Waals surface area contributed by atoms with Gasteiger partial charge in [0.1, 0.15) is 0 Å². The van der Waals surface area contributed by atoms with E-state index in [-0.39, 0.29) is 0 Å². The summed E-state index contributed by atoms with van der Waals surface area (Å²) in [7, 11) is 0. The fourth-order valence-electron chi connectivity index (χ4n) is 4.18. The molecule has 2 unspecified atom stereocenters. The molecule has 0 aliphatic heterocycles. The average molecular weight is 427 g/mol. The van der Waals surface area contributed by atoms with Crippen molar-refractivity contribution in [2.24, 2.45) is 10.8 Å². The summed E-state index contributed by atoms with van der Waals surface area (Å²) in [6.07, 6.45) is 22.8. The first-order valence-electron chi connectivity index (χ1n) is 13.3. The number of thioether (sulfide) groups is 1. The first kappa shape index (κ1) is 29.4. The Balaban J connectivity index is 4.43. The zero-order chi connectivity index (χ0) is 22.2. The maximum Gasteiger partial charge on any atom is 0.00985 e. The third-order valence-electron chi connectivity index (χ3n) is 6.40. The molecule has 29 heavy (non-hydrogen) atoms.